The minimum Gasteiger partial charge on any atom is -0.0622 e. The van der Waals surface area contributed by atoms with Gasteiger partial charge < -0.3 is 0 Å². The van der Waals surface area contributed by atoms with Gasteiger partial charge in [0.15, 0.2) is 0 Å². The monoisotopic (exact) mass is 482 g/mol. The summed E-state index contributed by atoms with van der Waals surface area (Å²) in [5.41, 5.74) is 17.0. The molecular formula is C38H26. The van der Waals surface area contributed by atoms with Crippen LogP contribution in [-0.4, -0.2) is 0 Å². The molecule has 0 radical (unpaired) electrons. The van der Waals surface area contributed by atoms with Crippen LogP contribution in [0.5, 0.6) is 0 Å². The van der Waals surface area contributed by atoms with Crippen molar-refractivity contribution in [1.29, 1.82) is 0 Å². The molecule has 0 aliphatic heterocycles. The zero-order chi connectivity index (χ0) is 25.3. The van der Waals surface area contributed by atoms with Gasteiger partial charge >= 0.3 is 0 Å². The lowest BCUT2D eigenvalue weighted by molar-refractivity contribution is 0.793. The van der Waals surface area contributed by atoms with E-state index in [4.69, 9.17) is 0 Å². The van der Waals surface area contributed by atoms with Crippen LogP contribution >= 0.6 is 0 Å². The van der Waals surface area contributed by atoms with E-state index in [-0.39, 0.29) is 5.41 Å². The SMILES string of the molecule is Cc1ccc2c(c1)C1(c3ccccc3-c3ccccc31)c1cc(-c3ccc(-c4ccccc4)cc3)ccc1-2. The number of rotatable bonds is 2. The first-order valence-electron chi connectivity index (χ1n) is 13.4. The second-order valence-electron chi connectivity index (χ2n) is 10.6. The zero-order valence-electron chi connectivity index (χ0n) is 21.3. The van der Waals surface area contributed by atoms with Crippen LogP contribution in [0.3, 0.4) is 0 Å². The maximum Gasteiger partial charge on any atom is 0.0725 e. The van der Waals surface area contributed by atoms with Gasteiger partial charge in [0, 0.05) is 0 Å². The molecule has 1 spiro atoms. The summed E-state index contributed by atoms with van der Waals surface area (Å²) in [4.78, 5) is 0. The summed E-state index contributed by atoms with van der Waals surface area (Å²) in [5.74, 6) is 0. The maximum absolute atomic E-state index is 2.46. The van der Waals surface area contributed by atoms with Crippen LogP contribution in [0.2, 0.25) is 0 Å². The molecule has 0 fully saturated rings. The van der Waals surface area contributed by atoms with Gasteiger partial charge in [-0.15, -0.1) is 0 Å². The van der Waals surface area contributed by atoms with Gasteiger partial charge in [-0.05, 0) is 79.8 Å². The molecule has 2 aliphatic rings. The van der Waals surface area contributed by atoms with Crippen molar-refractivity contribution in [2.45, 2.75) is 12.3 Å². The van der Waals surface area contributed by atoms with Gasteiger partial charge in [-0.2, -0.15) is 0 Å². The standard InChI is InChI=1S/C38H26/c1-25-15-21-32-33-22-20-29(28-18-16-27(17-19-28)26-9-3-2-4-10-26)24-37(33)38(36(32)23-25)34-13-7-5-11-30(34)31-12-6-8-14-35(31)38/h2-24H,1H3. The van der Waals surface area contributed by atoms with E-state index >= 15 is 0 Å². The van der Waals surface area contributed by atoms with Crippen molar-refractivity contribution in [1.82, 2.24) is 0 Å². The van der Waals surface area contributed by atoms with Crippen molar-refractivity contribution >= 4 is 0 Å². The minimum atomic E-state index is -0.302. The predicted molar refractivity (Wildman–Crippen MR) is 158 cm³/mol. The van der Waals surface area contributed by atoms with Crippen LogP contribution in [0.4, 0.5) is 0 Å². The number of hydrogen-bond donors (Lipinski definition) is 0. The molecule has 0 atom stereocenters. The Kier molecular flexibility index (Phi) is 4.46. The molecule has 178 valence electrons. The molecule has 0 bridgehead atoms. The normalized spacial score (nSPS) is 13.6. The Bertz CT molecular complexity index is 1810. The van der Waals surface area contributed by atoms with E-state index in [1.807, 2.05) is 0 Å². The first-order valence-corrected chi connectivity index (χ1v) is 13.4. The quantitative estimate of drug-likeness (QED) is 0.230. The second-order valence-corrected chi connectivity index (χ2v) is 10.6. The highest BCUT2D eigenvalue weighted by Gasteiger charge is 2.51. The van der Waals surface area contributed by atoms with Gasteiger partial charge in [-0.3, -0.25) is 0 Å². The van der Waals surface area contributed by atoms with Gasteiger partial charge in [0.1, 0.15) is 0 Å². The molecule has 0 heterocycles. The first-order chi connectivity index (χ1) is 18.7. The third-order valence-electron chi connectivity index (χ3n) is 8.57. The molecule has 0 amide bonds. The molecule has 6 aromatic rings. The summed E-state index contributed by atoms with van der Waals surface area (Å²) in [6, 6.07) is 51.7. The Morgan fingerprint density at radius 1 is 0.342 bits per heavy atom. The van der Waals surface area contributed by atoms with E-state index in [1.165, 1.54) is 72.3 Å². The largest absolute Gasteiger partial charge is 0.0725 e. The van der Waals surface area contributed by atoms with Crippen LogP contribution in [0, 0.1) is 6.92 Å². The number of aryl methyl sites for hydroxylation is 1. The highest BCUT2D eigenvalue weighted by Crippen LogP contribution is 2.63. The third-order valence-corrected chi connectivity index (χ3v) is 8.57. The van der Waals surface area contributed by atoms with E-state index in [9.17, 15) is 0 Å². The average molecular weight is 483 g/mol. The Balaban J connectivity index is 1.38. The molecule has 0 nitrogen and oxygen atoms in total. The van der Waals surface area contributed by atoms with Crippen molar-refractivity contribution in [2.75, 3.05) is 0 Å². The fourth-order valence-corrected chi connectivity index (χ4v) is 6.92. The van der Waals surface area contributed by atoms with Crippen LogP contribution in [0.1, 0.15) is 27.8 Å². The summed E-state index contributed by atoms with van der Waals surface area (Å²) < 4.78 is 0. The van der Waals surface area contributed by atoms with Crippen LogP contribution in [-0.2, 0) is 5.41 Å². The highest BCUT2D eigenvalue weighted by molar-refractivity contribution is 5.96. The number of hydrogen-bond acceptors (Lipinski definition) is 0. The molecule has 0 aromatic heterocycles. The van der Waals surface area contributed by atoms with Crippen molar-refractivity contribution in [3.05, 3.63) is 167 Å². The Hall–Kier alpha value is -4.68. The van der Waals surface area contributed by atoms with Crippen LogP contribution < -0.4 is 0 Å². The predicted octanol–water partition coefficient (Wildman–Crippen LogP) is 9.67. The lowest BCUT2D eigenvalue weighted by Crippen LogP contribution is -2.26. The molecule has 38 heavy (non-hydrogen) atoms. The summed E-state index contributed by atoms with van der Waals surface area (Å²) in [6.07, 6.45) is 0. The molecule has 0 unspecified atom stereocenters. The topological polar surface area (TPSA) is 0 Å². The molecule has 2 aliphatic carbocycles. The lowest BCUT2D eigenvalue weighted by atomic mass is 9.70. The molecular weight excluding hydrogens is 456 g/mol. The summed E-state index contributed by atoms with van der Waals surface area (Å²) in [5, 5.41) is 0. The van der Waals surface area contributed by atoms with E-state index in [2.05, 4.69) is 146 Å². The molecule has 8 rings (SSSR count). The first kappa shape index (κ1) is 21.4. The fraction of sp³-hybridized carbons (Fsp3) is 0.0526. The van der Waals surface area contributed by atoms with Crippen molar-refractivity contribution in [2.24, 2.45) is 0 Å². The van der Waals surface area contributed by atoms with Crippen molar-refractivity contribution in [3.63, 3.8) is 0 Å². The summed E-state index contributed by atoms with van der Waals surface area (Å²) in [6.45, 7) is 2.21. The third kappa shape index (κ3) is 2.80. The molecule has 6 aromatic carbocycles. The van der Waals surface area contributed by atoms with E-state index < -0.39 is 0 Å². The van der Waals surface area contributed by atoms with Crippen LogP contribution in [0.15, 0.2) is 140 Å². The van der Waals surface area contributed by atoms with E-state index in [0.717, 1.165) is 0 Å². The van der Waals surface area contributed by atoms with Gasteiger partial charge in [-0.25, -0.2) is 0 Å². The Morgan fingerprint density at radius 3 is 1.45 bits per heavy atom. The Morgan fingerprint density at radius 2 is 0.789 bits per heavy atom. The summed E-state index contributed by atoms with van der Waals surface area (Å²) >= 11 is 0. The van der Waals surface area contributed by atoms with Crippen molar-refractivity contribution in [3.8, 4) is 44.5 Å². The zero-order valence-corrected chi connectivity index (χ0v) is 21.3. The smallest absolute Gasteiger partial charge is 0.0622 e. The van der Waals surface area contributed by atoms with Crippen LogP contribution in [0.25, 0.3) is 44.5 Å². The van der Waals surface area contributed by atoms with E-state index in [1.54, 1.807) is 0 Å². The van der Waals surface area contributed by atoms with Gasteiger partial charge in [0.2, 0.25) is 0 Å². The number of fused-ring (bicyclic) bond motifs is 10. The molecule has 0 heteroatoms. The fourth-order valence-electron chi connectivity index (χ4n) is 6.92. The average Bonchev–Trinajstić information content (AvgIpc) is 3.44. The summed E-state index contributed by atoms with van der Waals surface area (Å²) in [7, 11) is 0. The lowest BCUT2D eigenvalue weighted by Gasteiger charge is -2.31. The van der Waals surface area contributed by atoms with Gasteiger partial charge in [-0.1, -0.05) is 139 Å². The van der Waals surface area contributed by atoms with E-state index in [0.29, 0.717) is 0 Å². The van der Waals surface area contributed by atoms with Gasteiger partial charge in [0.05, 0.1) is 5.41 Å². The molecule has 0 N–H and O–H groups in total. The van der Waals surface area contributed by atoms with Crippen molar-refractivity contribution < 1.29 is 0 Å². The Labute approximate surface area is 223 Å². The highest BCUT2D eigenvalue weighted by atomic mass is 14.5. The maximum atomic E-state index is 2.46. The molecule has 0 saturated carbocycles. The number of benzene rings is 6. The van der Waals surface area contributed by atoms with Gasteiger partial charge in [0.25, 0.3) is 0 Å². The minimum absolute atomic E-state index is 0.302. The second kappa shape index (κ2) is 7.91. The molecule has 0 saturated heterocycles.